The van der Waals surface area contributed by atoms with Crippen molar-refractivity contribution >= 4 is 11.6 Å². The number of hydrogen-bond donors (Lipinski definition) is 0. The third-order valence-electron chi connectivity index (χ3n) is 5.01. The van der Waals surface area contributed by atoms with Gasteiger partial charge >= 0.3 is 0 Å². The monoisotopic (exact) mass is 338 g/mol. The number of fused-ring (bicyclic) bond motifs is 1. The molecule has 0 radical (unpaired) electrons. The molecule has 0 spiro atoms. The second-order valence-electron chi connectivity index (χ2n) is 6.75. The highest BCUT2D eigenvalue weighted by atomic mass is 16.2. The van der Waals surface area contributed by atoms with E-state index in [2.05, 4.69) is 6.92 Å². The largest absolute Gasteiger partial charge is 0.312 e. The number of rotatable bonds is 5. The van der Waals surface area contributed by atoms with E-state index in [0.717, 1.165) is 49.9 Å². The lowest BCUT2D eigenvalue weighted by Gasteiger charge is -2.24. The molecule has 1 heterocycles. The number of benzene rings is 1. The first kappa shape index (κ1) is 17.5. The first-order chi connectivity index (χ1) is 12.1. The van der Waals surface area contributed by atoms with Gasteiger partial charge in [-0.2, -0.15) is 0 Å². The fourth-order valence-corrected chi connectivity index (χ4v) is 3.54. The number of para-hydroxylation sites is 1. The van der Waals surface area contributed by atoms with Crippen LogP contribution in [-0.2, 0) is 19.4 Å². The smallest absolute Gasteiger partial charge is 0.263 e. The third-order valence-corrected chi connectivity index (χ3v) is 5.01. The van der Waals surface area contributed by atoms with Gasteiger partial charge in [0.1, 0.15) is 5.56 Å². The van der Waals surface area contributed by atoms with Crippen molar-refractivity contribution in [1.29, 1.82) is 0 Å². The Morgan fingerprint density at radius 2 is 1.88 bits per heavy atom. The summed E-state index contributed by atoms with van der Waals surface area (Å²) in [5.74, 6) is -0.227. The molecule has 1 amide bonds. The van der Waals surface area contributed by atoms with Crippen molar-refractivity contribution in [3.63, 3.8) is 0 Å². The van der Waals surface area contributed by atoms with Crippen molar-refractivity contribution in [1.82, 2.24) is 4.57 Å². The molecule has 1 aliphatic carbocycles. The maximum absolute atomic E-state index is 13.0. The van der Waals surface area contributed by atoms with E-state index in [9.17, 15) is 9.59 Å². The Morgan fingerprint density at radius 1 is 1.16 bits per heavy atom. The van der Waals surface area contributed by atoms with E-state index in [1.54, 1.807) is 11.9 Å². The van der Waals surface area contributed by atoms with Crippen LogP contribution in [-0.4, -0.2) is 17.5 Å². The minimum Gasteiger partial charge on any atom is -0.312 e. The van der Waals surface area contributed by atoms with Crippen molar-refractivity contribution < 1.29 is 4.79 Å². The number of amides is 1. The highest BCUT2D eigenvalue weighted by Gasteiger charge is 2.23. The van der Waals surface area contributed by atoms with E-state index < -0.39 is 0 Å². The maximum Gasteiger partial charge on any atom is 0.263 e. The zero-order chi connectivity index (χ0) is 17.8. The van der Waals surface area contributed by atoms with E-state index in [-0.39, 0.29) is 11.5 Å². The van der Waals surface area contributed by atoms with Crippen LogP contribution in [0.25, 0.3) is 0 Å². The SMILES string of the molecule is CCCCn1c2c(cc(C(=O)N(C)c3ccccc3)c1=O)CCCC2. The van der Waals surface area contributed by atoms with Gasteiger partial charge in [0.05, 0.1) is 0 Å². The summed E-state index contributed by atoms with van der Waals surface area (Å²) in [5, 5.41) is 0. The predicted molar refractivity (Wildman–Crippen MR) is 101 cm³/mol. The number of anilines is 1. The van der Waals surface area contributed by atoms with Gasteiger partial charge in [-0.05, 0) is 55.9 Å². The van der Waals surface area contributed by atoms with E-state index in [1.165, 1.54) is 5.56 Å². The van der Waals surface area contributed by atoms with Crippen LogP contribution in [0.3, 0.4) is 0 Å². The average Bonchev–Trinajstić information content (AvgIpc) is 2.66. The van der Waals surface area contributed by atoms with Gasteiger partial charge in [0.2, 0.25) is 0 Å². The molecule has 1 aromatic heterocycles. The van der Waals surface area contributed by atoms with Gasteiger partial charge in [-0.1, -0.05) is 31.5 Å². The molecule has 0 fully saturated rings. The van der Waals surface area contributed by atoms with Gasteiger partial charge in [0.25, 0.3) is 11.5 Å². The second kappa shape index (κ2) is 7.68. The summed E-state index contributed by atoms with van der Waals surface area (Å²) in [6, 6.07) is 11.3. The van der Waals surface area contributed by atoms with Crippen molar-refractivity contribution in [2.45, 2.75) is 52.0 Å². The van der Waals surface area contributed by atoms with Crippen LogP contribution in [0.2, 0.25) is 0 Å². The predicted octanol–water partition coefficient (Wildman–Crippen LogP) is 3.80. The standard InChI is InChI=1S/C21H26N2O2/c1-3-4-14-23-19-13-9-8-10-16(19)15-18(21(23)25)20(24)22(2)17-11-6-5-7-12-17/h5-7,11-12,15H,3-4,8-10,13-14H2,1-2H3. The van der Waals surface area contributed by atoms with Crippen molar-refractivity contribution in [3.8, 4) is 0 Å². The summed E-state index contributed by atoms with van der Waals surface area (Å²) < 4.78 is 1.87. The summed E-state index contributed by atoms with van der Waals surface area (Å²) in [4.78, 5) is 27.6. The Hall–Kier alpha value is -2.36. The molecule has 4 nitrogen and oxygen atoms in total. The fraction of sp³-hybridized carbons (Fsp3) is 0.429. The molecule has 0 saturated carbocycles. The number of carbonyl (C=O) groups is 1. The molecule has 0 unspecified atom stereocenters. The molecule has 0 aliphatic heterocycles. The highest BCUT2D eigenvalue weighted by molar-refractivity contribution is 6.05. The number of aromatic nitrogens is 1. The zero-order valence-electron chi connectivity index (χ0n) is 15.1. The second-order valence-corrected chi connectivity index (χ2v) is 6.75. The number of pyridine rings is 1. The Labute approximate surface area is 149 Å². The van der Waals surface area contributed by atoms with Crippen molar-refractivity contribution in [2.75, 3.05) is 11.9 Å². The molecule has 0 bridgehead atoms. The van der Waals surface area contributed by atoms with Crippen molar-refractivity contribution in [3.05, 3.63) is 63.6 Å². The molecular formula is C21H26N2O2. The number of nitrogens with zero attached hydrogens (tertiary/aromatic N) is 2. The molecule has 1 aromatic carbocycles. The molecule has 0 atom stereocenters. The molecule has 4 heteroatoms. The van der Waals surface area contributed by atoms with E-state index in [4.69, 9.17) is 0 Å². The van der Waals surface area contributed by atoms with Crippen LogP contribution in [0.4, 0.5) is 5.69 Å². The van der Waals surface area contributed by atoms with Gasteiger partial charge < -0.3 is 9.47 Å². The van der Waals surface area contributed by atoms with Crippen LogP contribution >= 0.6 is 0 Å². The fourth-order valence-electron chi connectivity index (χ4n) is 3.54. The molecule has 25 heavy (non-hydrogen) atoms. The molecule has 2 aromatic rings. The summed E-state index contributed by atoms with van der Waals surface area (Å²) in [5.41, 5.74) is 3.27. The van der Waals surface area contributed by atoms with E-state index >= 15 is 0 Å². The Bertz CT molecular complexity index is 809. The number of carbonyl (C=O) groups excluding carboxylic acids is 1. The average molecular weight is 338 g/mol. The number of hydrogen-bond acceptors (Lipinski definition) is 2. The molecular weight excluding hydrogens is 312 g/mol. The number of unbranched alkanes of at least 4 members (excludes halogenated alkanes) is 1. The van der Waals surface area contributed by atoms with Crippen LogP contribution in [0.5, 0.6) is 0 Å². The molecule has 1 aliphatic rings. The minimum atomic E-state index is -0.227. The van der Waals surface area contributed by atoms with Gasteiger partial charge in [0, 0.05) is 25.0 Å². The molecule has 3 rings (SSSR count). The highest BCUT2D eigenvalue weighted by Crippen LogP contribution is 2.22. The van der Waals surface area contributed by atoms with Gasteiger partial charge in [0.15, 0.2) is 0 Å². The van der Waals surface area contributed by atoms with E-state index in [0.29, 0.717) is 12.1 Å². The normalized spacial score (nSPS) is 13.4. The van der Waals surface area contributed by atoms with Crippen LogP contribution in [0.15, 0.2) is 41.2 Å². The van der Waals surface area contributed by atoms with Gasteiger partial charge in [-0.25, -0.2) is 0 Å². The van der Waals surface area contributed by atoms with Gasteiger partial charge in [-0.15, -0.1) is 0 Å². The lowest BCUT2D eigenvalue weighted by molar-refractivity contribution is 0.0990. The minimum absolute atomic E-state index is 0.137. The molecule has 0 N–H and O–H groups in total. The summed E-state index contributed by atoms with van der Waals surface area (Å²) in [7, 11) is 1.73. The lowest BCUT2D eigenvalue weighted by atomic mass is 9.94. The van der Waals surface area contributed by atoms with Crippen molar-refractivity contribution in [2.24, 2.45) is 0 Å². The maximum atomic E-state index is 13.0. The topological polar surface area (TPSA) is 42.3 Å². The first-order valence-electron chi connectivity index (χ1n) is 9.22. The Kier molecular flexibility index (Phi) is 5.37. The quantitative estimate of drug-likeness (QED) is 0.832. The van der Waals surface area contributed by atoms with Gasteiger partial charge in [-0.3, -0.25) is 9.59 Å². The number of aryl methyl sites for hydroxylation is 1. The Morgan fingerprint density at radius 3 is 2.60 bits per heavy atom. The summed E-state index contributed by atoms with van der Waals surface area (Å²) in [6.45, 7) is 2.82. The molecule has 0 saturated heterocycles. The zero-order valence-corrected chi connectivity index (χ0v) is 15.1. The first-order valence-corrected chi connectivity index (χ1v) is 9.22. The lowest BCUT2D eigenvalue weighted by Crippen LogP contribution is -2.37. The summed E-state index contributed by atoms with van der Waals surface area (Å²) >= 11 is 0. The third kappa shape index (κ3) is 3.53. The van der Waals surface area contributed by atoms with Crippen LogP contribution in [0, 0.1) is 0 Å². The molecule has 132 valence electrons. The Balaban J connectivity index is 2.03. The van der Waals surface area contributed by atoms with Crippen LogP contribution < -0.4 is 10.5 Å². The van der Waals surface area contributed by atoms with Crippen LogP contribution in [0.1, 0.15) is 54.2 Å². The summed E-state index contributed by atoms with van der Waals surface area (Å²) in [6.07, 6.45) is 6.13. The van der Waals surface area contributed by atoms with E-state index in [1.807, 2.05) is 41.0 Å².